The number of hydrogen-bond donors (Lipinski definition) is 3. The highest BCUT2D eigenvalue weighted by Gasteiger charge is 2.44. The SMILES string of the molecule is CC(=O)OC1COC(Oc2c(C)c3c4c(c2O)[C@@H](C)CCC4[C@@H](C)C[C@H]3C=C(C)C)C(O)C1O. The van der Waals surface area contributed by atoms with E-state index in [1.165, 1.54) is 23.6 Å². The Morgan fingerprint density at radius 2 is 1.76 bits per heavy atom. The molecule has 0 saturated carbocycles. The molecule has 8 atom stereocenters. The summed E-state index contributed by atoms with van der Waals surface area (Å²) in [5.41, 5.74) is 5.50. The third-order valence-corrected chi connectivity index (χ3v) is 7.77. The fourth-order valence-electron chi connectivity index (χ4n) is 6.25. The lowest BCUT2D eigenvalue weighted by Crippen LogP contribution is -2.56. The lowest BCUT2D eigenvalue weighted by Gasteiger charge is -2.44. The molecule has 1 aromatic carbocycles. The van der Waals surface area contributed by atoms with Gasteiger partial charge in [0.25, 0.3) is 0 Å². The van der Waals surface area contributed by atoms with Gasteiger partial charge in [0, 0.05) is 18.4 Å². The van der Waals surface area contributed by atoms with Gasteiger partial charge in [-0.05, 0) is 74.5 Å². The second kappa shape index (κ2) is 9.51. The summed E-state index contributed by atoms with van der Waals surface area (Å²) < 4.78 is 16.8. The van der Waals surface area contributed by atoms with Crippen LogP contribution in [0.2, 0.25) is 0 Å². The fourth-order valence-corrected chi connectivity index (χ4v) is 6.25. The van der Waals surface area contributed by atoms with Crippen LogP contribution in [0.3, 0.4) is 0 Å². The molecule has 3 N–H and O–H groups in total. The van der Waals surface area contributed by atoms with Gasteiger partial charge >= 0.3 is 5.97 Å². The van der Waals surface area contributed by atoms with E-state index in [9.17, 15) is 20.1 Å². The number of esters is 1. The summed E-state index contributed by atoms with van der Waals surface area (Å²) in [5, 5.41) is 32.6. The van der Waals surface area contributed by atoms with Gasteiger partial charge in [0.05, 0.1) is 6.61 Å². The second-order valence-electron chi connectivity index (χ2n) is 10.6. The van der Waals surface area contributed by atoms with Crippen LogP contribution in [0.4, 0.5) is 0 Å². The summed E-state index contributed by atoms with van der Waals surface area (Å²) in [6.07, 6.45) is 0.466. The molecule has 188 valence electrons. The third kappa shape index (κ3) is 4.34. The normalized spacial score (nSPS) is 34.7. The van der Waals surface area contributed by atoms with E-state index in [4.69, 9.17) is 14.2 Å². The van der Waals surface area contributed by atoms with Crippen molar-refractivity contribution in [2.75, 3.05) is 6.61 Å². The number of rotatable bonds is 4. The lowest BCUT2D eigenvalue weighted by atomic mass is 9.62. The smallest absolute Gasteiger partial charge is 0.303 e. The largest absolute Gasteiger partial charge is 0.504 e. The van der Waals surface area contributed by atoms with Crippen LogP contribution in [0.1, 0.15) is 93.9 Å². The molecule has 1 aromatic rings. The van der Waals surface area contributed by atoms with E-state index < -0.39 is 30.6 Å². The second-order valence-corrected chi connectivity index (χ2v) is 10.6. The molecule has 5 unspecified atom stereocenters. The molecule has 4 rings (SSSR count). The molecule has 1 fully saturated rings. The standard InChI is InChI=1S/C27H38O7/c1-12(2)9-17-10-14(4)18-8-7-13(3)20-22(18)21(17)15(5)26(24(20)30)34-27-25(31)23(29)19(11-32-27)33-16(6)28/h9,13-14,17-19,23,25,27,29-31H,7-8,10-11H2,1-6H3/t13-,14-,17+,18?,19?,23?,25?,27?/m0/s1. The maximum absolute atomic E-state index is 11.4. The molecule has 1 aliphatic heterocycles. The van der Waals surface area contributed by atoms with Crippen molar-refractivity contribution >= 4 is 5.97 Å². The van der Waals surface area contributed by atoms with Crippen molar-refractivity contribution in [3.8, 4) is 11.5 Å². The van der Waals surface area contributed by atoms with Crippen molar-refractivity contribution in [2.45, 2.75) is 103 Å². The van der Waals surface area contributed by atoms with Crippen LogP contribution in [-0.2, 0) is 14.3 Å². The van der Waals surface area contributed by atoms with Crippen LogP contribution < -0.4 is 4.74 Å². The minimum Gasteiger partial charge on any atom is -0.504 e. The van der Waals surface area contributed by atoms with Gasteiger partial charge in [0.1, 0.15) is 12.2 Å². The Balaban J connectivity index is 1.76. The van der Waals surface area contributed by atoms with Crippen molar-refractivity contribution in [2.24, 2.45) is 5.92 Å². The predicted octanol–water partition coefficient (Wildman–Crippen LogP) is 4.16. The average Bonchev–Trinajstić information content (AvgIpc) is 2.74. The minimum absolute atomic E-state index is 0.103. The molecular weight excluding hydrogens is 436 g/mol. The van der Waals surface area contributed by atoms with Gasteiger partial charge in [0.2, 0.25) is 6.29 Å². The first-order valence-electron chi connectivity index (χ1n) is 12.4. The zero-order valence-corrected chi connectivity index (χ0v) is 21.0. The molecule has 1 heterocycles. The molecule has 1 saturated heterocycles. The van der Waals surface area contributed by atoms with Crippen molar-refractivity contribution in [1.29, 1.82) is 0 Å². The number of phenolic OH excluding ortho intramolecular Hbond substituents is 1. The molecule has 34 heavy (non-hydrogen) atoms. The number of aliphatic hydroxyl groups is 2. The number of aliphatic hydroxyl groups excluding tert-OH is 2. The van der Waals surface area contributed by atoms with Crippen LogP contribution in [0.5, 0.6) is 11.5 Å². The Kier molecular flexibility index (Phi) is 7.00. The van der Waals surface area contributed by atoms with Gasteiger partial charge in [-0.15, -0.1) is 0 Å². The number of phenols is 1. The van der Waals surface area contributed by atoms with E-state index in [0.29, 0.717) is 17.6 Å². The zero-order chi connectivity index (χ0) is 24.9. The molecule has 0 aromatic heterocycles. The van der Waals surface area contributed by atoms with Crippen LogP contribution in [0.25, 0.3) is 0 Å². The number of allylic oxidation sites excluding steroid dienone is 2. The monoisotopic (exact) mass is 474 g/mol. The van der Waals surface area contributed by atoms with E-state index in [-0.39, 0.29) is 24.2 Å². The predicted molar refractivity (Wildman–Crippen MR) is 127 cm³/mol. The average molecular weight is 475 g/mol. The number of aromatic hydroxyl groups is 1. The highest BCUT2D eigenvalue weighted by Crippen LogP contribution is 2.58. The maximum Gasteiger partial charge on any atom is 0.303 e. The maximum atomic E-state index is 11.4. The van der Waals surface area contributed by atoms with Gasteiger partial charge in [0.15, 0.2) is 17.6 Å². The molecule has 0 bridgehead atoms. The van der Waals surface area contributed by atoms with Crippen LogP contribution in [0, 0.1) is 12.8 Å². The molecule has 2 aliphatic carbocycles. The van der Waals surface area contributed by atoms with Crippen molar-refractivity contribution in [3.05, 3.63) is 33.9 Å². The molecule has 0 amide bonds. The van der Waals surface area contributed by atoms with Crippen molar-refractivity contribution < 1.29 is 34.3 Å². The zero-order valence-electron chi connectivity index (χ0n) is 21.0. The summed E-state index contributed by atoms with van der Waals surface area (Å²) in [7, 11) is 0. The quantitative estimate of drug-likeness (QED) is 0.444. The Labute approximate surface area is 201 Å². The number of ether oxygens (including phenoxy) is 3. The van der Waals surface area contributed by atoms with Crippen LogP contribution in [0.15, 0.2) is 11.6 Å². The Bertz CT molecular complexity index is 980. The summed E-state index contributed by atoms with van der Waals surface area (Å²) in [6.45, 7) is 11.7. The Morgan fingerprint density at radius 3 is 2.41 bits per heavy atom. The van der Waals surface area contributed by atoms with E-state index in [2.05, 4.69) is 33.8 Å². The first-order valence-corrected chi connectivity index (χ1v) is 12.4. The van der Waals surface area contributed by atoms with Gasteiger partial charge in [-0.1, -0.05) is 25.5 Å². The number of carbonyl (C=O) groups excluding carboxylic acids is 1. The van der Waals surface area contributed by atoms with E-state index in [1.807, 2.05) is 6.92 Å². The highest BCUT2D eigenvalue weighted by atomic mass is 16.7. The minimum atomic E-state index is -1.44. The van der Waals surface area contributed by atoms with Gasteiger partial charge < -0.3 is 29.5 Å². The summed E-state index contributed by atoms with van der Waals surface area (Å²) in [5.74, 6) is 1.16. The molecule has 3 aliphatic rings. The molecule has 7 heteroatoms. The van der Waals surface area contributed by atoms with Gasteiger partial charge in [-0.3, -0.25) is 4.79 Å². The number of hydrogen-bond acceptors (Lipinski definition) is 7. The lowest BCUT2D eigenvalue weighted by molar-refractivity contribution is -0.248. The third-order valence-electron chi connectivity index (χ3n) is 7.77. The highest BCUT2D eigenvalue weighted by molar-refractivity contribution is 5.66. The summed E-state index contributed by atoms with van der Waals surface area (Å²) >= 11 is 0. The Morgan fingerprint density at radius 1 is 1.06 bits per heavy atom. The van der Waals surface area contributed by atoms with E-state index in [1.54, 1.807) is 0 Å². The summed E-state index contributed by atoms with van der Waals surface area (Å²) in [4.78, 5) is 11.3. The van der Waals surface area contributed by atoms with Gasteiger partial charge in [-0.2, -0.15) is 0 Å². The Hall–Kier alpha value is -2.09. The first-order chi connectivity index (χ1) is 16.0. The van der Waals surface area contributed by atoms with Crippen LogP contribution in [-0.4, -0.2) is 52.5 Å². The number of benzene rings is 1. The first kappa shape index (κ1) is 25.0. The molecule has 7 nitrogen and oxygen atoms in total. The topological polar surface area (TPSA) is 105 Å². The molecule has 0 radical (unpaired) electrons. The summed E-state index contributed by atoms with van der Waals surface area (Å²) in [6, 6.07) is 0. The molecular formula is C27H38O7. The van der Waals surface area contributed by atoms with Crippen molar-refractivity contribution in [1.82, 2.24) is 0 Å². The van der Waals surface area contributed by atoms with Crippen molar-refractivity contribution in [3.63, 3.8) is 0 Å². The fraction of sp³-hybridized carbons (Fsp3) is 0.667. The van der Waals surface area contributed by atoms with Crippen LogP contribution >= 0.6 is 0 Å². The van der Waals surface area contributed by atoms with Gasteiger partial charge in [-0.25, -0.2) is 0 Å². The number of carbonyl (C=O) groups is 1. The van der Waals surface area contributed by atoms with E-state index >= 15 is 0 Å². The van der Waals surface area contributed by atoms with E-state index in [0.717, 1.165) is 30.4 Å². The molecule has 0 spiro atoms.